The molecule has 3 rings (SSSR count). The highest BCUT2D eigenvalue weighted by molar-refractivity contribution is 5.94. The van der Waals surface area contributed by atoms with Crippen molar-refractivity contribution in [3.63, 3.8) is 0 Å². The minimum atomic E-state index is 0.184. The lowest BCUT2D eigenvalue weighted by Gasteiger charge is -2.16. The maximum absolute atomic E-state index is 5.93. The summed E-state index contributed by atoms with van der Waals surface area (Å²) in [7, 11) is 0. The van der Waals surface area contributed by atoms with Gasteiger partial charge in [0.25, 0.3) is 0 Å². The van der Waals surface area contributed by atoms with Crippen LogP contribution in [0.3, 0.4) is 0 Å². The second kappa shape index (κ2) is 5.50. The van der Waals surface area contributed by atoms with Crippen LogP contribution in [0.2, 0.25) is 0 Å². The minimum Gasteiger partial charge on any atom is -0.491 e. The number of hydrogen-bond acceptors (Lipinski definition) is 6. The molecule has 1 aromatic heterocycles. The zero-order valence-electron chi connectivity index (χ0n) is 11.4. The molecule has 4 N–H and O–H groups in total. The molecule has 0 unspecified atom stereocenters. The number of nitrogens with two attached hydrogens (primary N) is 2. The van der Waals surface area contributed by atoms with Gasteiger partial charge < -0.3 is 16.2 Å². The summed E-state index contributed by atoms with van der Waals surface area (Å²) in [6.07, 6.45) is 2.57. The molecule has 0 atom stereocenters. The largest absolute Gasteiger partial charge is 0.491 e. The fourth-order valence-electron chi connectivity index (χ4n) is 2.61. The molecular weight excluding hydrogens is 254 g/mol. The summed E-state index contributed by atoms with van der Waals surface area (Å²) in [6.45, 7) is 3.91. The van der Waals surface area contributed by atoms with E-state index in [0.29, 0.717) is 17.9 Å². The lowest BCUT2D eigenvalue weighted by molar-refractivity contribution is 0.239. The quantitative estimate of drug-likeness (QED) is 0.871. The molecule has 1 aliphatic rings. The summed E-state index contributed by atoms with van der Waals surface area (Å²) in [5.41, 5.74) is 12.3. The Morgan fingerprint density at radius 1 is 1.15 bits per heavy atom. The summed E-state index contributed by atoms with van der Waals surface area (Å²) in [5.74, 6) is 1.27. The van der Waals surface area contributed by atoms with E-state index in [2.05, 4.69) is 14.9 Å². The van der Waals surface area contributed by atoms with Gasteiger partial charge in [-0.25, -0.2) is 4.98 Å². The van der Waals surface area contributed by atoms with Crippen LogP contribution in [0.5, 0.6) is 5.75 Å². The normalized spacial score (nSPS) is 15.8. The Hall–Kier alpha value is -2.08. The molecule has 0 spiro atoms. The van der Waals surface area contributed by atoms with E-state index in [0.717, 1.165) is 17.7 Å². The van der Waals surface area contributed by atoms with E-state index in [1.807, 2.05) is 18.2 Å². The zero-order valence-corrected chi connectivity index (χ0v) is 11.4. The van der Waals surface area contributed by atoms with Crippen LogP contribution < -0.4 is 16.2 Å². The SMILES string of the molecule is Nc1nc(N)c2c(OCCN3CCCC3)cccc2n1. The van der Waals surface area contributed by atoms with Gasteiger partial charge in [-0.1, -0.05) is 6.07 Å². The van der Waals surface area contributed by atoms with E-state index in [1.54, 1.807) is 0 Å². The van der Waals surface area contributed by atoms with Crippen molar-refractivity contribution in [1.29, 1.82) is 0 Å². The average Bonchev–Trinajstić information content (AvgIpc) is 2.91. The monoisotopic (exact) mass is 273 g/mol. The zero-order chi connectivity index (χ0) is 13.9. The third-order valence-corrected chi connectivity index (χ3v) is 3.59. The number of benzene rings is 1. The van der Waals surface area contributed by atoms with Crippen LogP contribution in [-0.2, 0) is 0 Å². The van der Waals surface area contributed by atoms with Crippen LogP contribution in [0, 0.1) is 0 Å². The van der Waals surface area contributed by atoms with Crippen LogP contribution in [0.25, 0.3) is 10.9 Å². The van der Waals surface area contributed by atoms with Crippen molar-refractivity contribution in [2.24, 2.45) is 0 Å². The maximum Gasteiger partial charge on any atom is 0.222 e. The molecule has 0 radical (unpaired) electrons. The molecule has 106 valence electrons. The number of nitrogen functional groups attached to an aromatic ring is 2. The fourth-order valence-corrected chi connectivity index (χ4v) is 2.61. The third-order valence-electron chi connectivity index (χ3n) is 3.59. The molecule has 1 fully saturated rings. The maximum atomic E-state index is 5.93. The number of fused-ring (bicyclic) bond motifs is 1. The molecular formula is C14H19N5O. The Morgan fingerprint density at radius 2 is 1.95 bits per heavy atom. The van der Waals surface area contributed by atoms with Gasteiger partial charge in [-0.2, -0.15) is 4.98 Å². The topological polar surface area (TPSA) is 90.3 Å². The van der Waals surface area contributed by atoms with Crippen molar-refractivity contribution in [2.45, 2.75) is 12.8 Å². The summed E-state index contributed by atoms with van der Waals surface area (Å²) in [4.78, 5) is 10.6. The van der Waals surface area contributed by atoms with Crippen molar-refractivity contribution in [3.8, 4) is 5.75 Å². The number of ether oxygens (including phenoxy) is 1. The molecule has 20 heavy (non-hydrogen) atoms. The predicted molar refractivity (Wildman–Crippen MR) is 79.5 cm³/mol. The lowest BCUT2D eigenvalue weighted by Crippen LogP contribution is -2.25. The number of anilines is 2. The van der Waals surface area contributed by atoms with Gasteiger partial charge in [0.1, 0.15) is 18.2 Å². The number of rotatable bonds is 4. The predicted octanol–water partition coefficient (Wildman–Crippen LogP) is 1.27. The van der Waals surface area contributed by atoms with E-state index in [4.69, 9.17) is 16.2 Å². The number of aromatic nitrogens is 2. The highest BCUT2D eigenvalue weighted by Crippen LogP contribution is 2.29. The molecule has 2 aromatic rings. The van der Waals surface area contributed by atoms with Gasteiger partial charge >= 0.3 is 0 Å². The van der Waals surface area contributed by atoms with Gasteiger partial charge in [0.05, 0.1) is 10.9 Å². The van der Waals surface area contributed by atoms with Crippen molar-refractivity contribution in [2.75, 3.05) is 37.7 Å². The summed E-state index contributed by atoms with van der Waals surface area (Å²) in [5, 5.41) is 0.739. The second-order valence-corrected chi connectivity index (χ2v) is 5.01. The van der Waals surface area contributed by atoms with Crippen LogP contribution in [-0.4, -0.2) is 41.1 Å². The second-order valence-electron chi connectivity index (χ2n) is 5.01. The van der Waals surface area contributed by atoms with E-state index in [9.17, 15) is 0 Å². The van der Waals surface area contributed by atoms with E-state index < -0.39 is 0 Å². The minimum absolute atomic E-state index is 0.184. The van der Waals surface area contributed by atoms with Crippen molar-refractivity contribution in [1.82, 2.24) is 14.9 Å². The van der Waals surface area contributed by atoms with Gasteiger partial charge in [0.15, 0.2) is 0 Å². The molecule has 0 saturated carbocycles. The Labute approximate surface area is 117 Å². The Balaban J connectivity index is 1.77. The summed E-state index contributed by atoms with van der Waals surface area (Å²) < 4.78 is 5.86. The van der Waals surface area contributed by atoms with Crippen LogP contribution in [0.4, 0.5) is 11.8 Å². The molecule has 0 bridgehead atoms. The Kier molecular flexibility index (Phi) is 3.56. The van der Waals surface area contributed by atoms with Crippen molar-refractivity contribution >= 4 is 22.7 Å². The first-order valence-corrected chi connectivity index (χ1v) is 6.91. The summed E-state index contributed by atoms with van der Waals surface area (Å²) in [6, 6.07) is 5.64. The number of nitrogens with zero attached hydrogens (tertiary/aromatic N) is 3. The average molecular weight is 273 g/mol. The lowest BCUT2D eigenvalue weighted by atomic mass is 10.2. The highest BCUT2D eigenvalue weighted by atomic mass is 16.5. The van der Waals surface area contributed by atoms with Crippen LogP contribution in [0.15, 0.2) is 18.2 Å². The molecule has 1 aliphatic heterocycles. The van der Waals surface area contributed by atoms with Crippen molar-refractivity contribution in [3.05, 3.63) is 18.2 Å². The fraction of sp³-hybridized carbons (Fsp3) is 0.429. The number of hydrogen-bond donors (Lipinski definition) is 2. The first-order chi connectivity index (χ1) is 9.74. The van der Waals surface area contributed by atoms with E-state index in [1.165, 1.54) is 25.9 Å². The summed E-state index contributed by atoms with van der Waals surface area (Å²) >= 11 is 0. The number of likely N-dealkylation sites (tertiary alicyclic amines) is 1. The Bertz CT molecular complexity index is 610. The molecule has 2 heterocycles. The molecule has 6 heteroatoms. The van der Waals surface area contributed by atoms with Gasteiger partial charge in [0, 0.05) is 6.54 Å². The van der Waals surface area contributed by atoms with Gasteiger partial charge in [-0.05, 0) is 38.1 Å². The highest BCUT2D eigenvalue weighted by Gasteiger charge is 2.12. The van der Waals surface area contributed by atoms with Gasteiger partial charge in [-0.15, -0.1) is 0 Å². The van der Waals surface area contributed by atoms with Gasteiger partial charge in [0.2, 0.25) is 5.95 Å². The standard InChI is InChI=1S/C14H19N5O/c15-13-12-10(17-14(16)18-13)4-3-5-11(12)20-9-8-19-6-1-2-7-19/h3-5H,1-2,6-9H2,(H4,15,16,17,18). The molecule has 6 nitrogen and oxygen atoms in total. The van der Waals surface area contributed by atoms with Gasteiger partial charge in [-0.3, -0.25) is 4.90 Å². The molecule has 1 saturated heterocycles. The first-order valence-electron chi connectivity index (χ1n) is 6.91. The third kappa shape index (κ3) is 2.60. The molecule has 0 amide bonds. The first kappa shape index (κ1) is 12.9. The Morgan fingerprint density at radius 3 is 2.75 bits per heavy atom. The van der Waals surface area contributed by atoms with E-state index >= 15 is 0 Å². The van der Waals surface area contributed by atoms with E-state index in [-0.39, 0.29) is 5.95 Å². The molecule has 0 aliphatic carbocycles. The molecule has 1 aromatic carbocycles. The smallest absolute Gasteiger partial charge is 0.222 e. The van der Waals surface area contributed by atoms with Crippen LogP contribution >= 0.6 is 0 Å². The van der Waals surface area contributed by atoms with Crippen LogP contribution in [0.1, 0.15) is 12.8 Å². The van der Waals surface area contributed by atoms with Crippen molar-refractivity contribution < 1.29 is 4.74 Å².